The van der Waals surface area contributed by atoms with Crippen LogP contribution in [0.4, 0.5) is 5.69 Å². The summed E-state index contributed by atoms with van der Waals surface area (Å²) in [6.07, 6.45) is 2.45. The number of ether oxygens (including phenoxy) is 1. The van der Waals surface area contributed by atoms with Crippen molar-refractivity contribution in [1.82, 2.24) is 0 Å². The van der Waals surface area contributed by atoms with Crippen LogP contribution in [0.3, 0.4) is 0 Å². The molecule has 0 aromatic heterocycles. The van der Waals surface area contributed by atoms with E-state index in [9.17, 15) is 19.7 Å². The first kappa shape index (κ1) is 25.3. The normalized spacial score (nSPS) is 18.5. The van der Waals surface area contributed by atoms with E-state index in [0.717, 1.165) is 5.56 Å². The van der Waals surface area contributed by atoms with Crippen molar-refractivity contribution in [1.29, 1.82) is 0 Å². The lowest BCUT2D eigenvalue weighted by molar-refractivity contribution is -0.384. The highest BCUT2D eigenvalue weighted by molar-refractivity contribution is 9.09. The molecule has 0 N–H and O–H groups in total. The summed E-state index contributed by atoms with van der Waals surface area (Å²) >= 11 is 3.72. The minimum atomic E-state index is -0.654. The van der Waals surface area contributed by atoms with Crippen molar-refractivity contribution in [3.63, 3.8) is 0 Å². The van der Waals surface area contributed by atoms with Gasteiger partial charge < -0.3 is 4.74 Å². The molecule has 3 unspecified atom stereocenters. The van der Waals surface area contributed by atoms with Gasteiger partial charge in [-0.1, -0.05) is 58.4 Å². The summed E-state index contributed by atoms with van der Waals surface area (Å²) in [4.78, 5) is 40.2. The number of non-ortho nitro benzene ring substituents is 1. The van der Waals surface area contributed by atoms with Gasteiger partial charge in [-0.15, -0.1) is 0 Å². The third-order valence-corrected chi connectivity index (χ3v) is 6.74. The zero-order valence-corrected chi connectivity index (χ0v) is 20.5. The van der Waals surface area contributed by atoms with Crippen molar-refractivity contribution in [2.75, 3.05) is 6.61 Å². The lowest BCUT2D eigenvalue weighted by Crippen LogP contribution is -2.30. The average Bonchev–Trinajstić information content (AvgIpc) is 2.84. The summed E-state index contributed by atoms with van der Waals surface area (Å²) in [6, 6.07) is 16.0. The molecule has 1 heterocycles. The van der Waals surface area contributed by atoms with Crippen LogP contribution in [0.2, 0.25) is 0 Å². The molecule has 3 atom stereocenters. The topological polar surface area (TPSA) is 98.9 Å². The van der Waals surface area contributed by atoms with Crippen LogP contribution in [0, 0.1) is 16.0 Å². The standard InChI is InChI=1S/C26H25BrN2O5/c1-3-34-26(31)25-23(13-12-22(27)18-8-5-4-6-9-18)28-17(2)21(14-15-30)24(25)19-10-7-11-20(16-19)29(32)33/h4-11,14,16,21-22,24H,3,12-13H2,1-2H3. The number of nitrogens with zero attached hydrogens (tertiary/aromatic N) is 2. The van der Waals surface area contributed by atoms with E-state index in [0.29, 0.717) is 35.4 Å². The van der Waals surface area contributed by atoms with Crippen LogP contribution in [0.5, 0.6) is 0 Å². The molecule has 2 aromatic rings. The molecule has 3 rings (SSSR count). The van der Waals surface area contributed by atoms with Crippen molar-refractivity contribution in [3.8, 4) is 0 Å². The molecule has 0 fully saturated rings. The Bertz CT molecular complexity index is 1170. The molecule has 176 valence electrons. The second kappa shape index (κ2) is 11.7. The highest BCUT2D eigenvalue weighted by atomic mass is 79.9. The number of hydrogen-bond donors (Lipinski definition) is 0. The molecule has 1 aliphatic heterocycles. The van der Waals surface area contributed by atoms with E-state index >= 15 is 0 Å². The Morgan fingerprint density at radius 3 is 2.65 bits per heavy atom. The number of aliphatic imine (C=N–C) groups is 1. The lowest BCUT2D eigenvalue weighted by Gasteiger charge is -2.31. The summed E-state index contributed by atoms with van der Waals surface area (Å²) in [5.41, 5.74) is 3.06. The third-order valence-electron chi connectivity index (χ3n) is 5.75. The first-order chi connectivity index (χ1) is 16.4. The maximum atomic E-state index is 13.2. The van der Waals surface area contributed by atoms with Gasteiger partial charge in [0.25, 0.3) is 5.69 Å². The van der Waals surface area contributed by atoms with E-state index in [1.165, 1.54) is 18.2 Å². The number of esters is 1. The molecule has 0 aliphatic carbocycles. The zero-order chi connectivity index (χ0) is 24.7. The monoisotopic (exact) mass is 524 g/mol. The molecule has 34 heavy (non-hydrogen) atoms. The van der Waals surface area contributed by atoms with Gasteiger partial charge in [0.05, 0.1) is 22.8 Å². The van der Waals surface area contributed by atoms with Crippen LogP contribution in [0.15, 0.2) is 76.9 Å². The molecule has 0 spiro atoms. The van der Waals surface area contributed by atoms with Crippen LogP contribution in [0.1, 0.15) is 48.6 Å². The third kappa shape index (κ3) is 5.76. The van der Waals surface area contributed by atoms with Crippen molar-refractivity contribution < 1.29 is 19.2 Å². The predicted molar refractivity (Wildman–Crippen MR) is 134 cm³/mol. The van der Waals surface area contributed by atoms with Gasteiger partial charge in [-0.25, -0.2) is 9.59 Å². The van der Waals surface area contributed by atoms with Crippen LogP contribution >= 0.6 is 15.9 Å². The number of benzene rings is 2. The molecule has 1 aliphatic rings. The van der Waals surface area contributed by atoms with Crippen LogP contribution in [0.25, 0.3) is 0 Å². The number of alkyl halides is 1. The van der Waals surface area contributed by atoms with E-state index in [1.54, 1.807) is 26.0 Å². The van der Waals surface area contributed by atoms with Crippen LogP contribution < -0.4 is 0 Å². The summed E-state index contributed by atoms with van der Waals surface area (Å²) < 4.78 is 5.37. The van der Waals surface area contributed by atoms with Gasteiger partial charge in [0.15, 0.2) is 0 Å². The van der Waals surface area contributed by atoms with Gasteiger partial charge in [-0.3, -0.25) is 15.1 Å². The van der Waals surface area contributed by atoms with Gasteiger partial charge in [0.1, 0.15) is 5.94 Å². The molecular weight excluding hydrogens is 500 g/mol. The Morgan fingerprint density at radius 2 is 2.00 bits per heavy atom. The number of nitro groups is 1. The second-order valence-electron chi connectivity index (χ2n) is 7.89. The van der Waals surface area contributed by atoms with E-state index in [4.69, 9.17) is 9.73 Å². The summed E-state index contributed by atoms with van der Waals surface area (Å²) in [6.45, 7) is 3.66. The molecule has 0 saturated carbocycles. The maximum Gasteiger partial charge on any atom is 0.336 e. The second-order valence-corrected chi connectivity index (χ2v) is 9.00. The van der Waals surface area contributed by atoms with Gasteiger partial charge in [-0.2, -0.15) is 0 Å². The van der Waals surface area contributed by atoms with E-state index in [-0.39, 0.29) is 17.1 Å². The van der Waals surface area contributed by atoms with Crippen molar-refractivity contribution >= 4 is 39.2 Å². The van der Waals surface area contributed by atoms with E-state index in [2.05, 4.69) is 15.9 Å². The van der Waals surface area contributed by atoms with Crippen molar-refractivity contribution in [2.45, 2.75) is 37.4 Å². The molecule has 0 bridgehead atoms. The molecule has 8 heteroatoms. The smallest absolute Gasteiger partial charge is 0.336 e. The number of nitro benzene ring substituents is 1. The highest BCUT2D eigenvalue weighted by Gasteiger charge is 2.38. The fourth-order valence-electron chi connectivity index (χ4n) is 4.18. The van der Waals surface area contributed by atoms with Gasteiger partial charge in [-0.05, 0) is 37.8 Å². The predicted octanol–water partition coefficient (Wildman–Crippen LogP) is 5.89. The molecule has 0 amide bonds. The summed E-state index contributed by atoms with van der Waals surface area (Å²) in [7, 11) is 0. The maximum absolute atomic E-state index is 13.2. The van der Waals surface area contributed by atoms with Crippen LogP contribution in [-0.4, -0.2) is 29.2 Å². The fraction of sp³-hybridized carbons (Fsp3) is 0.308. The minimum Gasteiger partial charge on any atom is -0.463 e. The number of carbonyl (C=O) groups is 1. The molecule has 7 nitrogen and oxygen atoms in total. The number of rotatable bonds is 9. The molecule has 0 radical (unpaired) electrons. The SMILES string of the molecule is CCOC(=O)C1=C(CCC(Br)c2ccccc2)N=C(C)C(C=C=O)C1c1cccc([N+](=O)[O-])c1. The summed E-state index contributed by atoms with van der Waals surface area (Å²) in [5.74, 6) is 0.0429. The number of hydrogen-bond acceptors (Lipinski definition) is 6. The number of allylic oxidation sites excluding steroid dienone is 2. The Labute approximate surface area is 206 Å². The highest BCUT2D eigenvalue weighted by Crippen LogP contribution is 2.43. The van der Waals surface area contributed by atoms with E-state index in [1.807, 2.05) is 36.3 Å². The van der Waals surface area contributed by atoms with Crippen molar-refractivity contribution in [3.05, 3.63) is 93.2 Å². The van der Waals surface area contributed by atoms with Crippen molar-refractivity contribution in [2.24, 2.45) is 10.9 Å². The first-order valence-electron chi connectivity index (χ1n) is 11.0. The Balaban J connectivity index is 2.10. The zero-order valence-electron chi connectivity index (χ0n) is 18.9. The Hall–Kier alpha value is -3.35. The largest absolute Gasteiger partial charge is 0.463 e. The molecular formula is C26H25BrN2O5. The molecule has 0 saturated heterocycles. The first-order valence-corrected chi connectivity index (χ1v) is 11.9. The lowest BCUT2D eigenvalue weighted by atomic mass is 9.75. The quantitative estimate of drug-likeness (QED) is 0.134. The van der Waals surface area contributed by atoms with Crippen LogP contribution in [-0.2, 0) is 14.3 Å². The average molecular weight is 525 g/mol. The summed E-state index contributed by atoms with van der Waals surface area (Å²) in [5, 5.41) is 11.4. The number of halogens is 1. The van der Waals surface area contributed by atoms with Gasteiger partial charge >= 0.3 is 5.97 Å². The minimum absolute atomic E-state index is 0.0454. The molecule has 2 aromatic carbocycles. The number of carbonyl (C=O) groups excluding carboxylic acids is 2. The Kier molecular flexibility index (Phi) is 8.68. The van der Waals surface area contributed by atoms with E-state index < -0.39 is 22.7 Å². The van der Waals surface area contributed by atoms with Gasteiger partial charge in [0.2, 0.25) is 0 Å². The van der Waals surface area contributed by atoms with Gasteiger partial charge in [0, 0.05) is 40.6 Å². The Morgan fingerprint density at radius 1 is 1.26 bits per heavy atom. The fourth-order valence-corrected chi connectivity index (χ4v) is 4.71.